The third kappa shape index (κ3) is 6.23. The fourth-order valence-corrected chi connectivity index (χ4v) is 3.01. The molecule has 0 aromatic heterocycles. The number of piperidine rings is 1. The average Bonchev–Trinajstić information content (AvgIpc) is 2.42. The molecule has 0 aliphatic carbocycles. The molecular weight excluding hydrogens is 250 g/mol. The minimum atomic E-state index is -0.0242. The molecule has 1 aliphatic rings. The fourth-order valence-electron chi connectivity index (χ4n) is 3.01. The first-order valence-corrected chi connectivity index (χ1v) is 8.26. The summed E-state index contributed by atoms with van der Waals surface area (Å²) in [5.41, 5.74) is 5.69. The van der Waals surface area contributed by atoms with Gasteiger partial charge in [0.25, 0.3) is 0 Å². The SMILES string of the molecule is CC(C)CC(CN)C(=O)NCCCN1CCCCC1C. The first-order valence-electron chi connectivity index (χ1n) is 8.26. The highest BCUT2D eigenvalue weighted by molar-refractivity contribution is 5.78. The van der Waals surface area contributed by atoms with Crippen LogP contribution >= 0.6 is 0 Å². The van der Waals surface area contributed by atoms with Crippen molar-refractivity contribution in [1.82, 2.24) is 10.2 Å². The second-order valence-electron chi connectivity index (χ2n) is 6.59. The normalized spacial score (nSPS) is 21.9. The average molecular weight is 283 g/mol. The van der Waals surface area contributed by atoms with Gasteiger partial charge in [0.05, 0.1) is 5.92 Å². The third-order valence-corrected chi connectivity index (χ3v) is 4.27. The summed E-state index contributed by atoms with van der Waals surface area (Å²) in [6.07, 6.45) is 5.92. The van der Waals surface area contributed by atoms with Crippen molar-refractivity contribution in [3.05, 3.63) is 0 Å². The topological polar surface area (TPSA) is 58.4 Å². The minimum Gasteiger partial charge on any atom is -0.356 e. The zero-order chi connectivity index (χ0) is 15.0. The van der Waals surface area contributed by atoms with Gasteiger partial charge < -0.3 is 16.0 Å². The van der Waals surface area contributed by atoms with Crippen LogP contribution in [0, 0.1) is 11.8 Å². The molecule has 4 nitrogen and oxygen atoms in total. The Labute approximate surface area is 124 Å². The lowest BCUT2D eigenvalue weighted by molar-refractivity contribution is -0.125. The molecule has 2 unspecified atom stereocenters. The predicted octanol–water partition coefficient (Wildman–Crippen LogP) is 1.99. The summed E-state index contributed by atoms with van der Waals surface area (Å²) in [6.45, 7) is 10.1. The Hall–Kier alpha value is -0.610. The minimum absolute atomic E-state index is 0.0242. The summed E-state index contributed by atoms with van der Waals surface area (Å²) in [7, 11) is 0. The van der Waals surface area contributed by atoms with Crippen molar-refractivity contribution in [3.8, 4) is 0 Å². The quantitative estimate of drug-likeness (QED) is 0.670. The van der Waals surface area contributed by atoms with Crippen LogP contribution < -0.4 is 11.1 Å². The van der Waals surface area contributed by atoms with E-state index >= 15 is 0 Å². The molecule has 1 amide bonds. The van der Waals surface area contributed by atoms with Gasteiger partial charge in [0.15, 0.2) is 0 Å². The summed E-state index contributed by atoms with van der Waals surface area (Å²) in [4.78, 5) is 14.6. The van der Waals surface area contributed by atoms with Gasteiger partial charge >= 0.3 is 0 Å². The molecule has 20 heavy (non-hydrogen) atoms. The summed E-state index contributed by atoms with van der Waals surface area (Å²) in [5.74, 6) is 0.625. The molecule has 1 rings (SSSR count). The summed E-state index contributed by atoms with van der Waals surface area (Å²) >= 11 is 0. The Morgan fingerprint density at radius 3 is 2.75 bits per heavy atom. The van der Waals surface area contributed by atoms with E-state index in [4.69, 9.17) is 5.73 Å². The van der Waals surface area contributed by atoms with Crippen LogP contribution in [-0.2, 0) is 4.79 Å². The second-order valence-corrected chi connectivity index (χ2v) is 6.59. The summed E-state index contributed by atoms with van der Waals surface area (Å²) < 4.78 is 0. The number of nitrogens with one attached hydrogen (secondary N) is 1. The van der Waals surface area contributed by atoms with Crippen LogP contribution in [0.15, 0.2) is 0 Å². The highest BCUT2D eigenvalue weighted by atomic mass is 16.1. The maximum absolute atomic E-state index is 12.0. The third-order valence-electron chi connectivity index (χ3n) is 4.27. The van der Waals surface area contributed by atoms with Gasteiger partial charge in [-0.15, -0.1) is 0 Å². The number of likely N-dealkylation sites (tertiary alicyclic amines) is 1. The zero-order valence-electron chi connectivity index (χ0n) is 13.5. The first kappa shape index (κ1) is 17.4. The maximum Gasteiger partial charge on any atom is 0.224 e. The Kier molecular flexibility index (Phi) is 8.15. The van der Waals surface area contributed by atoms with Crippen LogP contribution in [0.5, 0.6) is 0 Å². The van der Waals surface area contributed by atoms with Gasteiger partial charge in [-0.2, -0.15) is 0 Å². The highest BCUT2D eigenvalue weighted by Crippen LogP contribution is 2.16. The van der Waals surface area contributed by atoms with Crippen molar-refractivity contribution in [2.75, 3.05) is 26.2 Å². The molecule has 1 saturated heterocycles. The van der Waals surface area contributed by atoms with Gasteiger partial charge in [0.1, 0.15) is 0 Å². The highest BCUT2D eigenvalue weighted by Gasteiger charge is 2.19. The lowest BCUT2D eigenvalue weighted by Gasteiger charge is -2.33. The first-order chi connectivity index (χ1) is 9.54. The van der Waals surface area contributed by atoms with Crippen LogP contribution in [0.1, 0.15) is 52.9 Å². The van der Waals surface area contributed by atoms with E-state index in [1.807, 2.05) is 0 Å². The number of hydrogen-bond acceptors (Lipinski definition) is 3. The van der Waals surface area contributed by atoms with Crippen LogP contribution in [0.25, 0.3) is 0 Å². The predicted molar refractivity (Wildman–Crippen MR) is 84.5 cm³/mol. The Morgan fingerprint density at radius 1 is 1.40 bits per heavy atom. The molecule has 0 radical (unpaired) electrons. The molecule has 118 valence electrons. The van der Waals surface area contributed by atoms with E-state index in [-0.39, 0.29) is 11.8 Å². The summed E-state index contributed by atoms with van der Waals surface area (Å²) in [6, 6.07) is 0.706. The number of carbonyl (C=O) groups is 1. The van der Waals surface area contributed by atoms with Crippen molar-refractivity contribution in [3.63, 3.8) is 0 Å². The van der Waals surface area contributed by atoms with Gasteiger partial charge in [-0.05, 0) is 45.1 Å². The Morgan fingerprint density at radius 2 is 2.15 bits per heavy atom. The van der Waals surface area contributed by atoms with E-state index in [0.717, 1.165) is 25.9 Å². The van der Waals surface area contributed by atoms with Crippen LogP contribution in [0.4, 0.5) is 0 Å². The largest absolute Gasteiger partial charge is 0.356 e. The smallest absolute Gasteiger partial charge is 0.224 e. The number of rotatable bonds is 8. The molecule has 3 N–H and O–H groups in total. The van der Waals surface area contributed by atoms with Crippen LogP contribution in [0.3, 0.4) is 0 Å². The molecule has 0 spiro atoms. The van der Waals surface area contributed by atoms with Crippen molar-refractivity contribution >= 4 is 5.91 Å². The van der Waals surface area contributed by atoms with E-state index in [0.29, 0.717) is 18.5 Å². The molecule has 1 heterocycles. The van der Waals surface area contributed by atoms with E-state index in [9.17, 15) is 4.79 Å². The van der Waals surface area contributed by atoms with Gasteiger partial charge in [0, 0.05) is 25.7 Å². The molecule has 0 saturated carbocycles. The molecule has 1 fully saturated rings. The Bertz CT molecular complexity index is 281. The Balaban J connectivity index is 2.17. The molecular formula is C16H33N3O. The lowest BCUT2D eigenvalue weighted by atomic mass is 9.96. The van der Waals surface area contributed by atoms with Crippen molar-refractivity contribution in [2.24, 2.45) is 17.6 Å². The van der Waals surface area contributed by atoms with Gasteiger partial charge in [0.2, 0.25) is 5.91 Å². The van der Waals surface area contributed by atoms with Crippen molar-refractivity contribution in [1.29, 1.82) is 0 Å². The number of amides is 1. The van der Waals surface area contributed by atoms with E-state index in [2.05, 4.69) is 31.0 Å². The fraction of sp³-hybridized carbons (Fsp3) is 0.938. The van der Waals surface area contributed by atoms with E-state index in [1.165, 1.54) is 25.8 Å². The van der Waals surface area contributed by atoms with Crippen molar-refractivity contribution in [2.45, 2.75) is 58.9 Å². The monoisotopic (exact) mass is 283 g/mol. The zero-order valence-corrected chi connectivity index (χ0v) is 13.5. The van der Waals surface area contributed by atoms with Crippen LogP contribution in [-0.4, -0.2) is 43.0 Å². The molecule has 2 atom stereocenters. The maximum atomic E-state index is 12.0. The number of nitrogens with zero attached hydrogens (tertiary/aromatic N) is 1. The standard InChI is InChI=1S/C16H33N3O/c1-13(2)11-15(12-17)16(20)18-8-6-10-19-9-5-4-7-14(19)3/h13-15H,4-12,17H2,1-3H3,(H,18,20). The van der Waals surface area contributed by atoms with E-state index in [1.54, 1.807) is 0 Å². The van der Waals surface area contributed by atoms with Gasteiger partial charge in [-0.3, -0.25) is 4.79 Å². The van der Waals surface area contributed by atoms with E-state index < -0.39 is 0 Å². The van der Waals surface area contributed by atoms with Gasteiger partial charge in [-0.1, -0.05) is 20.3 Å². The number of carbonyl (C=O) groups excluding carboxylic acids is 1. The summed E-state index contributed by atoms with van der Waals surface area (Å²) in [5, 5.41) is 3.05. The molecule has 0 bridgehead atoms. The van der Waals surface area contributed by atoms with Crippen LogP contribution in [0.2, 0.25) is 0 Å². The van der Waals surface area contributed by atoms with Crippen molar-refractivity contribution < 1.29 is 4.79 Å². The lowest BCUT2D eigenvalue weighted by Crippen LogP contribution is -2.40. The molecule has 0 aromatic rings. The molecule has 4 heteroatoms. The number of hydrogen-bond donors (Lipinski definition) is 2. The second kappa shape index (κ2) is 9.35. The number of nitrogens with two attached hydrogens (primary N) is 1. The molecule has 0 aromatic carbocycles. The van der Waals surface area contributed by atoms with Gasteiger partial charge in [-0.25, -0.2) is 0 Å². The molecule has 1 aliphatic heterocycles.